The molecule has 0 unspecified atom stereocenters. The van der Waals surface area contributed by atoms with E-state index in [0.717, 1.165) is 0 Å². The molecule has 2 rings (SSSR count). The van der Waals surface area contributed by atoms with Crippen LogP contribution < -0.4 is 0 Å². The van der Waals surface area contributed by atoms with Crippen molar-refractivity contribution in [3.05, 3.63) is 28.6 Å². The summed E-state index contributed by atoms with van der Waals surface area (Å²) in [5, 5.41) is 1.39. The molecule has 2 heteroatoms. The van der Waals surface area contributed by atoms with Gasteiger partial charge in [0.2, 0.25) is 0 Å². The van der Waals surface area contributed by atoms with Crippen molar-refractivity contribution in [1.29, 1.82) is 0 Å². The van der Waals surface area contributed by atoms with Gasteiger partial charge in [-0.15, -0.1) is 23.1 Å². The van der Waals surface area contributed by atoms with Crippen molar-refractivity contribution in [2.75, 3.05) is 6.26 Å². The van der Waals surface area contributed by atoms with Crippen molar-refractivity contribution in [2.24, 2.45) is 0 Å². The number of thiophene rings is 1. The van der Waals surface area contributed by atoms with Crippen LogP contribution in [0.2, 0.25) is 0 Å². The predicted molar refractivity (Wildman–Crippen MR) is 63.1 cm³/mol. The van der Waals surface area contributed by atoms with Crippen LogP contribution in [0.3, 0.4) is 0 Å². The van der Waals surface area contributed by atoms with Gasteiger partial charge in [-0.1, -0.05) is 6.07 Å². The molecule has 1 aromatic heterocycles. The van der Waals surface area contributed by atoms with E-state index in [0.29, 0.717) is 0 Å². The van der Waals surface area contributed by atoms with Crippen LogP contribution in [0, 0.1) is 13.8 Å². The normalized spacial score (nSPS) is 11.0. The van der Waals surface area contributed by atoms with Gasteiger partial charge in [0.15, 0.2) is 0 Å². The highest BCUT2D eigenvalue weighted by molar-refractivity contribution is 7.98. The van der Waals surface area contributed by atoms with Gasteiger partial charge >= 0.3 is 0 Å². The van der Waals surface area contributed by atoms with Gasteiger partial charge < -0.3 is 0 Å². The Kier molecular flexibility index (Phi) is 2.35. The zero-order valence-corrected chi connectivity index (χ0v) is 9.68. The van der Waals surface area contributed by atoms with E-state index < -0.39 is 0 Å². The number of rotatable bonds is 1. The molecular weight excluding hydrogens is 196 g/mol. The SMILES string of the molecule is CSc1ccc2cc(C)sc2c1C. The zero-order valence-electron chi connectivity index (χ0n) is 8.05. The molecule has 0 radical (unpaired) electrons. The Labute approximate surface area is 87.0 Å². The molecule has 0 amide bonds. The zero-order chi connectivity index (χ0) is 9.42. The first kappa shape index (κ1) is 9.10. The number of thioether (sulfide) groups is 1. The average molecular weight is 208 g/mol. The van der Waals surface area contributed by atoms with E-state index in [1.807, 2.05) is 23.1 Å². The molecule has 1 heterocycles. The lowest BCUT2D eigenvalue weighted by Crippen LogP contribution is -1.77. The van der Waals surface area contributed by atoms with E-state index in [1.165, 1.54) is 25.4 Å². The number of aryl methyl sites for hydroxylation is 2. The topological polar surface area (TPSA) is 0 Å². The summed E-state index contributed by atoms with van der Waals surface area (Å²) in [7, 11) is 0. The van der Waals surface area contributed by atoms with Gasteiger partial charge in [-0.25, -0.2) is 0 Å². The van der Waals surface area contributed by atoms with E-state index in [-0.39, 0.29) is 0 Å². The van der Waals surface area contributed by atoms with Gasteiger partial charge in [0.25, 0.3) is 0 Å². The second-order valence-corrected chi connectivity index (χ2v) is 5.27. The summed E-state index contributed by atoms with van der Waals surface area (Å²) in [6, 6.07) is 6.70. The molecule has 0 saturated carbocycles. The fraction of sp³-hybridized carbons (Fsp3) is 0.273. The lowest BCUT2D eigenvalue weighted by Gasteiger charge is -2.02. The first-order valence-corrected chi connectivity index (χ1v) is 6.30. The lowest BCUT2D eigenvalue weighted by molar-refractivity contribution is 1.36. The van der Waals surface area contributed by atoms with E-state index in [4.69, 9.17) is 0 Å². The maximum Gasteiger partial charge on any atom is 0.0385 e. The molecule has 0 N–H and O–H groups in total. The summed E-state index contributed by atoms with van der Waals surface area (Å²) in [4.78, 5) is 2.80. The van der Waals surface area contributed by atoms with Crippen molar-refractivity contribution in [2.45, 2.75) is 18.7 Å². The van der Waals surface area contributed by atoms with Crippen molar-refractivity contribution >= 4 is 33.2 Å². The van der Waals surface area contributed by atoms with Gasteiger partial charge in [0.1, 0.15) is 0 Å². The Hall–Kier alpha value is -0.470. The largest absolute Gasteiger partial charge is 0.140 e. The molecule has 0 fully saturated rings. The average Bonchev–Trinajstić information content (AvgIpc) is 2.47. The van der Waals surface area contributed by atoms with Crippen LogP contribution in [0.1, 0.15) is 10.4 Å². The standard InChI is InChI=1S/C11H12S2/c1-7-6-9-4-5-10(12-3)8(2)11(9)13-7/h4-6H,1-3H3. The van der Waals surface area contributed by atoms with Gasteiger partial charge in [-0.05, 0) is 43.2 Å². The summed E-state index contributed by atoms with van der Waals surface area (Å²) < 4.78 is 1.45. The van der Waals surface area contributed by atoms with Gasteiger partial charge in [-0.2, -0.15) is 0 Å². The first-order valence-electron chi connectivity index (χ1n) is 4.26. The minimum atomic E-state index is 1.39. The van der Waals surface area contributed by atoms with Gasteiger partial charge in [0.05, 0.1) is 0 Å². The minimum Gasteiger partial charge on any atom is -0.140 e. The molecule has 0 atom stereocenters. The number of hydrogen-bond acceptors (Lipinski definition) is 2. The second-order valence-electron chi connectivity index (χ2n) is 3.17. The summed E-state index contributed by atoms with van der Waals surface area (Å²) >= 11 is 3.72. The van der Waals surface area contributed by atoms with E-state index in [2.05, 4.69) is 38.3 Å². The van der Waals surface area contributed by atoms with Crippen LogP contribution in [0.15, 0.2) is 23.1 Å². The third-order valence-corrected chi connectivity index (χ3v) is 4.30. The summed E-state index contributed by atoms with van der Waals surface area (Å²) in [6.45, 7) is 4.38. The summed E-state index contributed by atoms with van der Waals surface area (Å²) in [5.74, 6) is 0. The third-order valence-electron chi connectivity index (χ3n) is 2.23. The van der Waals surface area contributed by atoms with Crippen LogP contribution >= 0.6 is 23.1 Å². The van der Waals surface area contributed by atoms with Crippen LogP contribution in [0.25, 0.3) is 10.1 Å². The smallest absolute Gasteiger partial charge is 0.0385 e. The Bertz CT molecular complexity index is 441. The number of hydrogen-bond donors (Lipinski definition) is 0. The molecule has 13 heavy (non-hydrogen) atoms. The fourth-order valence-electron chi connectivity index (χ4n) is 1.57. The molecular formula is C11H12S2. The summed E-state index contributed by atoms with van der Waals surface area (Å²) in [6.07, 6.45) is 2.13. The molecule has 0 saturated heterocycles. The van der Waals surface area contributed by atoms with Crippen molar-refractivity contribution in [3.63, 3.8) is 0 Å². The Morgan fingerprint density at radius 3 is 2.69 bits per heavy atom. The maximum atomic E-state index is 2.26. The molecule has 0 nitrogen and oxygen atoms in total. The predicted octanol–water partition coefficient (Wildman–Crippen LogP) is 4.24. The fourth-order valence-corrected chi connectivity index (χ4v) is 3.27. The molecule has 0 aliphatic rings. The quantitative estimate of drug-likeness (QED) is 0.632. The highest BCUT2D eigenvalue weighted by atomic mass is 32.2. The Morgan fingerprint density at radius 2 is 2.00 bits per heavy atom. The second kappa shape index (κ2) is 3.35. The number of fused-ring (bicyclic) bond motifs is 1. The van der Waals surface area contributed by atoms with Gasteiger partial charge in [0, 0.05) is 14.5 Å². The molecule has 2 aromatic rings. The van der Waals surface area contributed by atoms with Crippen LogP contribution in [-0.2, 0) is 0 Å². The van der Waals surface area contributed by atoms with Crippen molar-refractivity contribution in [3.8, 4) is 0 Å². The number of benzene rings is 1. The molecule has 0 spiro atoms. The monoisotopic (exact) mass is 208 g/mol. The van der Waals surface area contributed by atoms with E-state index in [1.54, 1.807) is 0 Å². The van der Waals surface area contributed by atoms with Crippen molar-refractivity contribution in [1.82, 2.24) is 0 Å². The summed E-state index contributed by atoms with van der Waals surface area (Å²) in [5.41, 5.74) is 1.43. The minimum absolute atomic E-state index is 1.39. The molecule has 1 aromatic carbocycles. The van der Waals surface area contributed by atoms with Crippen LogP contribution in [0.5, 0.6) is 0 Å². The molecule has 0 aliphatic carbocycles. The van der Waals surface area contributed by atoms with Crippen LogP contribution in [0.4, 0.5) is 0 Å². The Balaban J connectivity index is 2.78. The highest BCUT2D eigenvalue weighted by Crippen LogP contribution is 2.33. The van der Waals surface area contributed by atoms with Gasteiger partial charge in [-0.3, -0.25) is 0 Å². The molecule has 0 bridgehead atoms. The van der Waals surface area contributed by atoms with E-state index in [9.17, 15) is 0 Å². The molecule has 0 aliphatic heterocycles. The highest BCUT2D eigenvalue weighted by Gasteiger charge is 2.04. The lowest BCUT2D eigenvalue weighted by atomic mass is 10.2. The van der Waals surface area contributed by atoms with Crippen LogP contribution in [-0.4, -0.2) is 6.26 Å². The van der Waals surface area contributed by atoms with Crippen molar-refractivity contribution < 1.29 is 0 Å². The third kappa shape index (κ3) is 1.49. The van der Waals surface area contributed by atoms with E-state index >= 15 is 0 Å². The molecule has 68 valence electrons. The first-order chi connectivity index (χ1) is 6.22. The maximum absolute atomic E-state index is 2.26. The Morgan fingerprint density at radius 1 is 1.23 bits per heavy atom.